The van der Waals surface area contributed by atoms with Crippen LogP contribution in [0, 0.1) is 0 Å². The number of rotatable bonds is 6. The number of ether oxygens (including phenoxy) is 1. The summed E-state index contributed by atoms with van der Waals surface area (Å²) in [5, 5.41) is 5.61. The molecular weight excluding hydrogens is 250 g/mol. The highest BCUT2D eigenvalue weighted by Crippen LogP contribution is 2.26. The summed E-state index contributed by atoms with van der Waals surface area (Å²) in [6.07, 6.45) is 1.80. The van der Waals surface area contributed by atoms with E-state index in [4.69, 9.17) is 4.74 Å². The van der Waals surface area contributed by atoms with Gasteiger partial charge in [0.2, 0.25) is 5.88 Å². The van der Waals surface area contributed by atoms with Crippen LogP contribution >= 0.6 is 0 Å². The van der Waals surface area contributed by atoms with E-state index in [9.17, 15) is 0 Å². The van der Waals surface area contributed by atoms with E-state index in [-0.39, 0.29) is 0 Å². The highest BCUT2D eigenvalue weighted by molar-refractivity contribution is 5.89. The molecule has 0 radical (unpaired) electrons. The van der Waals surface area contributed by atoms with Gasteiger partial charge < -0.3 is 15.0 Å². The molecule has 4 heteroatoms. The molecule has 0 spiro atoms. The van der Waals surface area contributed by atoms with Gasteiger partial charge in [0.1, 0.15) is 6.61 Å². The number of hydrogen-bond acceptors (Lipinski definition) is 4. The molecule has 0 saturated carbocycles. The molecule has 2 rings (SSSR count). The standard InChI is InChI=1S/C16H23N3O/c1-12(2)18-14-5-6-15-13(11-14)7-8-17-16(15)20-10-9-19(3)4/h5-8,11-12,18H,9-10H2,1-4H3. The van der Waals surface area contributed by atoms with Crippen molar-refractivity contribution >= 4 is 16.5 Å². The molecule has 0 saturated heterocycles. The molecule has 4 nitrogen and oxygen atoms in total. The third-order valence-electron chi connectivity index (χ3n) is 2.96. The molecule has 20 heavy (non-hydrogen) atoms. The van der Waals surface area contributed by atoms with Crippen LogP contribution in [0.3, 0.4) is 0 Å². The smallest absolute Gasteiger partial charge is 0.221 e. The van der Waals surface area contributed by atoms with Crippen molar-refractivity contribution in [2.45, 2.75) is 19.9 Å². The minimum atomic E-state index is 0.421. The van der Waals surface area contributed by atoms with Crippen molar-refractivity contribution in [1.29, 1.82) is 0 Å². The van der Waals surface area contributed by atoms with Gasteiger partial charge in [0.05, 0.1) is 0 Å². The van der Waals surface area contributed by atoms with Gasteiger partial charge in [-0.2, -0.15) is 0 Å². The first-order chi connectivity index (χ1) is 9.56. The Morgan fingerprint density at radius 2 is 2.05 bits per heavy atom. The van der Waals surface area contributed by atoms with E-state index >= 15 is 0 Å². The van der Waals surface area contributed by atoms with Gasteiger partial charge in [-0.15, -0.1) is 0 Å². The molecule has 0 aliphatic carbocycles. The third kappa shape index (κ3) is 3.84. The molecule has 0 atom stereocenters. The highest BCUT2D eigenvalue weighted by atomic mass is 16.5. The van der Waals surface area contributed by atoms with Crippen LogP contribution in [-0.2, 0) is 0 Å². The number of benzene rings is 1. The maximum absolute atomic E-state index is 5.78. The average Bonchev–Trinajstić information content (AvgIpc) is 2.37. The molecule has 1 N–H and O–H groups in total. The second-order valence-corrected chi connectivity index (χ2v) is 5.50. The van der Waals surface area contributed by atoms with Crippen molar-refractivity contribution in [1.82, 2.24) is 9.88 Å². The first-order valence-electron chi connectivity index (χ1n) is 6.99. The molecule has 2 aromatic rings. The number of nitrogens with one attached hydrogen (secondary N) is 1. The zero-order chi connectivity index (χ0) is 14.5. The van der Waals surface area contributed by atoms with Crippen molar-refractivity contribution < 1.29 is 4.74 Å². The van der Waals surface area contributed by atoms with Crippen LogP contribution in [-0.4, -0.2) is 43.2 Å². The Labute approximate surface area is 120 Å². The number of fused-ring (bicyclic) bond motifs is 1. The summed E-state index contributed by atoms with van der Waals surface area (Å²) in [4.78, 5) is 6.43. The summed E-state index contributed by atoms with van der Waals surface area (Å²) >= 11 is 0. The summed E-state index contributed by atoms with van der Waals surface area (Å²) in [5.74, 6) is 0.709. The van der Waals surface area contributed by atoms with Gasteiger partial charge >= 0.3 is 0 Å². The molecule has 1 aromatic heterocycles. The topological polar surface area (TPSA) is 37.4 Å². The molecule has 108 valence electrons. The van der Waals surface area contributed by atoms with Crippen LogP contribution < -0.4 is 10.1 Å². The Morgan fingerprint density at radius 3 is 2.75 bits per heavy atom. The Hall–Kier alpha value is -1.81. The maximum atomic E-state index is 5.78. The van der Waals surface area contributed by atoms with Crippen molar-refractivity contribution in [3.63, 3.8) is 0 Å². The minimum absolute atomic E-state index is 0.421. The summed E-state index contributed by atoms with van der Waals surface area (Å²) in [7, 11) is 4.06. The van der Waals surface area contributed by atoms with E-state index in [1.165, 1.54) is 0 Å². The summed E-state index contributed by atoms with van der Waals surface area (Å²) in [5.41, 5.74) is 1.12. The van der Waals surface area contributed by atoms with E-state index in [1.54, 1.807) is 6.20 Å². The highest BCUT2D eigenvalue weighted by Gasteiger charge is 2.05. The van der Waals surface area contributed by atoms with E-state index in [1.807, 2.05) is 20.2 Å². The maximum Gasteiger partial charge on any atom is 0.221 e. The molecule has 0 bridgehead atoms. The van der Waals surface area contributed by atoms with Crippen LogP contribution in [0.25, 0.3) is 10.8 Å². The van der Waals surface area contributed by atoms with Crippen LogP contribution in [0.1, 0.15) is 13.8 Å². The number of hydrogen-bond donors (Lipinski definition) is 1. The molecule has 1 aromatic carbocycles. The van der Waals surface area contributed by atoms with Crippen LogP contribution in [0.15, 0.2) is 30.5 Å². The molecule has 0 fully saturated rings. The molecule has 0 aliphatic heterocycles. The summed E-state index contributed by atoms with van der Waals surface area (Å²) in [6.45, 7) is 5.79. The number of likely N-dealkylation sites (N-methyl/N-ethyl adjacent to an activating group) is 1. The predicted octanol–water partition coefficient (Wildman–Crippen LogP) is 3.00. The van der Waals surface area contributed by atoms with Crippen molar-refractivity contribution in [2.75, 3.05) is 32.6 Å². The fourth-order valence-corrected chi connectivity index (χ4v) is 2.01. The SMILES string of the molecule is CC(C)Nc1ccc2c(OCCN(C)C)nccc2c1. The Balaban J connectivity index is 2.19. The van der Waals surface area contributed by atoms with Crippen LogP contribution in [0.5, 0.6) is 5.88 Å². The second-order valence-electron chi connectivity index (χ2n) is 5.50. The van der Waals surface area contributed by atoms with Crippen molar-refractivity contribution in [3.05, 3.63) is 30.5 Å². The average molecular weight is 273 g/mol. The largest absolute Gasteiger partial charge is 0.476 e. The lowest BCUT2D eigenvalue weighted by Crippen LogP contribution is -2.19. The van der Waals surface area contributed by atoms with Gasteiger partial charge in [-0.05, 0) is 57.6 Å². The van der Waals surface area contributed by atoms with Crippen molar-refractivity contribution in [3.8, 4) is 5.88 Å². The van der Waals surface area contributed by atoms with E-state index in [0.717, 1.165) is 23.0 Å². The van der Waals surface area contributed by atoms with Gasteiger partial charge in [-0.3, -0.25) is 0 Å². The molecule has 1 heterocycles. The fourth-order valence-electron chi connectivity index (χ4n) is 2.01. The summed E-state index contributed by atoms with van der Waals surface area (Å²) in [6, 6.07) is 8.71. The number of nitrogens with zero attached hydrogens (tertiary/aromatic N) is 2. The van der Waals surface area contributed by atoms with E-state index in [0.29, 0.717) is 18.5 Å². The minimum Gasteiger partial charge on any atom is -0.476 e. The van der Waals surface area contributed by atoms with E-state index < -0.39 is 0 Å². The first kappa shape index (κ1) is 14.6. The van der Waals surface area contributed by atoms with Crippen LogP contribution in [0.4, 0.5) is 5.69 Å². The number of anilines is 1. The van der Waals surface area contributed by atoms with Gasteiger partial charge in [-0.25, -0.2) is 4.98 Å². The van der Waals surface area contributed by atoms with Gasteiger partial charge in [0, 0.05) is 29.9 Å². The number of pyridine rings is 1. The zero-order valence-electron chi connectivity index (χ0n) is 12.7. The summed E-state index contributed by atoms with van der Waals surface area (Å²) < 4.78 is 5.78. The second kappa shape index (κ2) is 6.57. The lowest BCUT2D eigenvalue weighted by Gasteiger charge is -2.13. The van der Waals surface area contributed by atoms with Crippen molar-refractivity contribution in [2.24, 2.45) is 0 Å². The Kier molecular flexibility index (Phi) is 4.79. The normalized spacial score (nSPS) is 11.3. The molecule has 0 aliphatic rings. The van der Waals surface area contributed by atoms with Gasteiger partial charge in [0.25, 0.3) is 0 Å². The zero-order valence-corrected chi connectivity index (χ0v) is 12.7. The molecule has 0 unspecified atom stereocenters. The Morgan fingerprint density at radius 1 is 1.25 bits per heavy atom. The van der Waals surface area contributed by atoms with Crippen LogP contribution in [0.2, 0.25) is 0 Å². The van der Waals surface area contributed by atoms with Gasteiger partial charge in [-0.1, -0.05) is 0 Å². The van der Waals surface area contributed by atoms with Gasteiger partial charge in [0.15, 0.2) is 0 Å². The lowest BCUT2D eigenvalue weighted by atomic mass is 10.1. The third-order valence-corrected chi connectivity index (χ3v) is 2.96. The first-order valence-corrected chi connectivity index (χ1v) is 6.99. The fraction of sp³-hybridized carbons (Fsp3) is 0.438. The molecule has 0 amide bonds. The van der Waals surface area contributed by atoms with E-state index in [2.05, 4.69) is 47.2 Å². The lowest BCUT2D eigenvalue weighted by molar-refractivity contribution is 0.256. The Bertz CT molecular complexity index is 567. The predicted molar refractivity (Wildman–Crippen MR) is 84.6 cm³/mol. The molecular formula is C16H23N3O. The number of aromatic nitrogens is 1. The monoisotopic (exact) mass is 273 g/mol. The quantitative estimate of drug-likeness (QED) is 0.878.